The number of fused-ring (bicyclic) bond motifs is 3. The quantitative estimate of drug-likeness (QED) is 0.628. The summed E-state index contributed by atoms with van der Waals surface area (Å²) in [6.45, 7) is 1.87. The van der Waals surface area contributed by atoms with Gasteiger partial charge in [-0.05, 0) is 12.8 Å². The third kappa shape index (κ3) is 1.97. The summed E-state index contributed by atoms with van der Waals surface area (Å²) in [5.41, 5.74) is 0. The maximum atomic E-state index is 11.7. The molecule has 0 saturated carbocycles. The van der Waals surface area contributed by atoms with E-state index in [0.717, 1.165) is 19.5 Å². The molecule has 2 bridgehead atoms. The first-order chi connectivity index (χ1) is 5.79. The fraction of sp³-hybridized carbons (Fsp3) is 0.889. The molecule has 0 aromatic heterocycles. The SMILES string of the molecule is CN1C(=O)[C@H]2CCC[C@H]1CNC2.Cl. The van der Waals surface area contributed by atoms with E-state index < -0.39 is 0 Å². The van der Waals surface area contributed by atoms with Gasteiger partial charge in [-0.15, -0.1) is 12.4 Å². The molecule has 2 saturated heterocycles. The van der Waals surface area contributed by atoms with E-state index in [-0.39, 0.29) is 18.3 Å². The molecular formula is C9H17ClN2O. The lowest BCUT2D eigenvalue weighted by atomic mass is 10.0. The Balaban J connectivity index is 0.000000845. The summed E-state index contributed by atoms with van der Waals surface area (Å²) in [5.74, 6) is 0.602. The number of carbonyl (C=O) groups is 1. The third-order valence-corrected chi connectivity index (χ3v) is 3.11. The van der Waals surface area contributed by atoms with Crippen molar-refractivity contribution in [2.75, 3.05) is 20.1 Å². The van der Waals surface area contributed by atoms with Crippen LogP contribution in [-0.2, 0) is 4.79 Å². The average Bonchev–Trinajstić information content (AvgIpc) is 2.19. The van der Waals surface area contributed by atoms with Crippen molar-refractivity contribution in [1.82, 2.24) is 10.2 Å². The summed E-state index contributed by atoms with van der Waals surface area (Å²) in [6, 6.07) is 0.449. The molecule has 0 aliphatic carbocycles. The zero-order valence-electron chi connectivity index (χ0n) is 7.95. The molecule has 76 valence electrons. The molecule has 2 aliphatic heterocycles. The molecule has 4 heteroatoms. The molecule has 2 fully saturated rings. The molecule has 2 atom stereocenters. The van der Waals surface area contributed by atoms with Gasteiger partial charge in [-0.2, -0.15) is 0 Å². The Labute approximate surface area is 85.3 Å². The van der Waals surface area contributed by atoms with Crippen LogP contribution in [0.4, 0.5) is 0 Å². The third-order valence-electron chi connectivity index (χ3n) is 3.11. The van der Waals surface area contributed by atoms with Crippen molar-refractivity contribution >= 4 is 18.3 Å². The van der Waals surface area contributed by atoms with Crippen LogP contribution >= 0.6 is 12.4 Å². The van der Waals surface area contributed by atoms with Crippen LogP contribution < -0.4 is 5.32 Å². The van der Waals surface area contributed by atoms with Gasteiger partial charge >= 0.3 is 0 Å². The zero-order valence-corrected chi connectivity index (χ0v) is 8.77. The number of nitrogens with one attached hydrogen (secondary N) is 1. The molecule has 2 rings (SSSR count). The first-order valence-corrected chi connectivity index (χ1v) is 4.76. The van der Waals surface area contributed by atoms with Gasteiger partial charge in [-0.25, -0.2) is 0 Å². The van der Waals surface area contributed by atoms with E-state index in [1.807, 2.05) is 11.9 Å². The first-order valence-electron chi connectivity index (χ1n) is 4.76. The van der Waals surface area contributed by atoms with Crippen LogP contribution in [-0.4, -0.2) is 37.0 Å². The average molecular weight is 205 g/mol. The Hall–Kier alpha value is -0.280. The molecule has 0 aromatic rings. The van der Waals surface area contributed by atoms with Gasteiger partial charge in [0.25, 0.3) is 0 Å². The van der Waals surface area contributed by atoms with Crippen molar-refractivity contribution in [2.24, 2.45) is 5.92 Å². The number of halogens is 1. The standard InChI is InChI=1S/C9H16N2O.ClH/c1-11-8-4-2-3-7(9(11)12)5-10-6-8;/h7-8,10H,2-6H2,1H3;1H/t7-,8-;/m0./s1. The monoisotopic (exact) mass is 204 g/mol. The summed E-state index contributed by atoms with van der Waals surface area (Å²) in [7, 11) is 1.94. The van der Waals surface area contributed by atoms with E-state index >= 15 is 0 Å². The molecule has 13 heavy (non-hydrogen) atoms. The molecule has 2 aliphatic rings. The molecular weight excluding hydrogens is 188 g/mol. The van der Waals surface area contributed by atoms with Gasteiger partial charge in [0, 0.05) is 26.2 Å². The minimum absolute atomic E-state index is 0. The number of nitrogens with zero attached hydrogens (tertiary/aromatic N) is 1. The van der Waals surface area contributed by atoms with Crippen LogP contribution in [0.2, 0.25) is 0 Å². The summed E-state index contributed by atoms with van der Waals surface area (Å²) >= 11 is 0. The lowest BCUT2D eigenvalue weighted by molar-refractivity contribution is -0.134. The van der Waals surface area contributed by atoms with E-state index in [2.05, 4.69) is 5.32 Å². The van der Waals surface area contributed by atoms with Crippen LogP contribution in [0.25, 0.3) is 0 Å². The minimum Gasteiger partial charge on any atom is -0.341 e. The Kier molecular flexibility index (Phi) is 3.56. The predicted molar refractivity (Wildman–Crippen MR) is 54.0 cm³/mol. The van der Waals surface area contributed by atoms with E-state index in [4.69, 9.17) is 0 Å². The van der Waals surface area contributed by atoms with Crippen molar-refractivity contribution in [1.29, 1.82) is 0 Å². The normalized spacial score (nSPS) is 33.6. The highest BCUT2D eigenvalue weighted by atomic mass is 35.5. The van der Waals surface area contributed by atoms with E-state index in [9.17, 15) is 4.79 Å². The number of carbonyl (C=O) groups excluding carboxylic acids is 1. The molecule has 1 amide bonds. The van der Waals surface area contributed by atoms with Crippen LogP contribution in [0, 0.1) is 5.92 Å². The second kappa shape index (κ2) is 4.29. The summed E-state index contributed by atoms with van der Waals surface area (Å²) in [6.07, 6.45) is 3.46. The second-order valence-corrected chi connectivity index (χ2v) is 3.89. The molecule has 0 aromatic carbocycles. The minimum atomic E-state index is 0. The summed E-state index contributed by atoms with van der Waals surface area (Å²) in [4.78, 5) is 13.7. The van der Waals surface area contributed by atoms with E-state index in [0.29, 0.717) is 11.9 Å². The maximum absolute atomic E-state index is 11.7. The Morgan fingerprint density at radius 1 is 1.38 bits per heavy atom. The number of amides is 1. The zero-order chi connectivity index (χ0) is 8.55. The van der Waals surface area contributed by atoms with Gasteiger partial charge in [0.1, 0.15) is 0 Å². The van der Waals surface area contributed by atoms with Crippen LogP contribution in [0.1, 0.15) is 19.3 Å². The highest BCUT2D eigenvalue weighted by Crippen LogP contribution is 2.22. The fourth-order valence-electron chi connectivity index (χ4n) is 2.24. The van der Waals surface area contributed by atoms with Gasteiger partial charge < -0.3 is 10.2 Å². The fourth-order valence-corrected chi connectivity index (χ4v) is 2.24. The predicted octanol–water partition coefficient (Wildman–Crippen LogP) is 0.638. The van der Waals surface area contributed by atoms with Crippen LogP contribution in [0.3, 0.4) is 0 Å². The number of hydrogen-bond donors (Lipinski definition) is 1. The lowest BCUT2D eigenvalue weighted by Crippen LogP contribution is -2.39. The topological polar surface area (TPSA) is 32.3 Å². The van der Waals surface area contributed by atoms with Crippen molar-refractivity contribution in [3.05, 3.63) is 0 Å². The van der Waals surface area contributed by atoms with E-state index in [1.165, 1.54) is 12.8 Å². The molecule has 0 radical (unpaired) electrons. The number of likely N-dealkylation sites (N-methyl/N-ethyl adjacent to an activating group) is 1. The van der Waals surface area contributed by atoms with Gasteiger partial charge in [0.05, 0.1) is 5.92 Å². The molecule has 0 spiro atoms. The molecule has 2 heterocycles. The number of hydrogen-bond acceptors (Lipinski definition) is 2. The molecule has 0 unspecified atom stereocenters. The lowest BCUT2D eigenvalue weighted by Gasteiger charge is -2.24. The van der Waals surface area contributed by atoms with Crippen molar-refractivity contribution in [3.8, 4) is 0 Å². The first kappa shape index (κ1) is 10.8. The van der Waals surface area contributed by atoms with Gasteiger partial charge in [-0.3, -0.25) is 4.79 Å². The Bertz CT molecular complexity index is 184. The largest absolute Gasteiger partial charge is 0.341 e. The molecule has 1 N–H and O–H groups in total. The van der Waals surface area contributed by atoms with Crippen LogP contribution in [0.5, 0.6) is 0 Å². The highest BCUT2D eigenvalue weighted by molar-refractivity contribution is 5.85. The molecule has 3 nitrogen and oxygen atoms in total. The number of rotatable bonds is 0. The summed E-state index contributed by atoms with van der Waals surface area (Å²) in [5, 5.41) is 3.35. The van der Waals surface area contributed by atoms with Crippen LogP contribution in [0.15, 0.2) is 0 Å². The Morgan fingerprint density at radius 2 is 2.15 bits per heavy atom. The second-order valence-electron chi connectivity index (χ2n) is 3.89. The van der Waals surface area contributed by atoms with Crippen molar-refractivity contribution in [2.45, 2.75) is 25.3 Å². The van der Waals surface area contributed by atoms with Gasteiger partial charge in [0.15, 0.2) is 0 Å². The summed E-state index contributed by atoms with van der Waals surface area (Å²) < 4.78 is 0. The Morgan fingerprint density at radius 3 is 2.92 bits per heavy atom. The highest BCUT2D eigenvalue weighted by Gasteiger charge is 2.32. The maximum Gasteiger partial charge on any atom is 0.226 e. The van der Waals surface area contributed by atoms with Gasteiger partial charge in [-0.1, -0.05) is 6.42 Å². The smallest absolute Gasteiger partial charge is 0.226 e. The van der Waals surface area contributed by atoms with Gasteiger partial charge in [0.2, 0.25) is 5.91 Å². The van der Waals surface area contributed by atoms with Crippen molar-refractivity contribution in [3.63, 3.8) is 0 Å². The van der Waals surface area contributed by atoms with Crippen molar-refractivity contribution < 1.29 is 4.79 Å². The van der Waals surface area contributed by atoms with E-state index in [1.54, 1.807) is 0 Å².